The zero-order valence-corrected chi connectivity index (χ0v) is 22.3. The van der Waals surface area contributed by atoms with E-state index in [-0.39, 0.29) is 24.0 Å². The standard InChI is InChI=1S/C29H35N3O5S/c1-37-26-14-8-13-24(21-26)29(19-20-30-38(35,36)32-28(33)34)17-15-25(16-18-29)31-27(22-9-4-2-5-10-22)23-11-6-3-7-12-23/h2-14,21,25,27,30-32H,15-20H2,1H3,(H,33,34). The molecule has 3 aromatic rings. The maximum absolute atomic E-state index is 12.0. The maximum atomic E-state index is 12.0. The highest BCUT2D eigenvalue weighted by molar-refractivity contribution is 7.88. The third-order valence-electron chi connectivity index (χ3n) is 7.41. The molecule has 202 valence electrons. The van der Waals surface area contributed by atoms with Crippen molar-refractivity contribution in [2.75, 3.05) is 13.7 Å². The molecule has 0 radical (unpaired) electrons. The van der Waals surface area contributed by atoms with Gasteiger partial charge in [-0.3, -0.25) is 0 Å². The summed E-state index contributed by atoms with van der Waals surface area (Å²) in [6, 6.07) is 29.1. The average Bonchev–Trinajstić information content (AvgIpc) is 2.93. The van der Waals surface area contributed by atoms with Gasteiger partial charge in [-0.25, -0.2) is 9.52 Å². The van der Waals surface area contributed by atoms with Crippen molar-refractivity contribution in [1.82, 2.24) is 14.8 Å². The number of amides is 1. The summed E-state index contributed by atoms with van der Waals surface area (Å²) >= 11 is 0. The Morgan fingerprint density at radius 1 is 0.974 bits per heavy atom. The lowest BCUT2D eigenvalue weighted by atomic mass is 9.66. The SMILES string of the molecule is COc1cccc(C2(CCNS(=O)(=O)NC(=O)O)CCC(NC(c3ccccc3)c3ccccc3)CC2)c1. The van der Waals surface area contributed by atoms with Crippen molar-refractivity contribution in [3.63, 3.8) is 0 Å². The van der Waals surface area contributed by atoms with E-state index in [2.05, 4.69) is 64.6 Å². The third-order valence-corrected chi connectivity index (χ3v) is 8.44. The van der Waals surface area contributed by atoms with Gasteiger partial charge in [0.25, 0.3) is 0 Å². The van der Waals surface area contributed by atoms with Crippen LogP contribution in [0.5, 0.6) is 5.75 Å². The molecular weight excluding hydrogens is 502 g/mol. The van der Waals surface area contributed by atoms with Crippen LogP contribution in [0, 0.1) is 0 Å². The summed E-state index contributed by atoms with van der Waals surface area (Å²) in [4.78, 5) is 10.8. The third kappa shape index (κ3) is 7.12. The summed E-state index contributed by atoms with van der Waals surface area (Å²) in [5, 5.41) is 12.7. The molecule has 1 aliphatic carbocycles. The maximum Gasteiger partial charge on any atom is 0.419 e. The molecule has 1 amide bonds. The van der Waals surface area contributed by atoms with Crippen LogP contribution in [0.4, 0.5) is 4.79 Å². The minimum atomic E-state index is -4.13. The van der Waals surface area contributed by atoms with E-state index in [0.717, 1.165) is 37.0 Å². The van der Waals surface area contributed by atoms with Crippen molar-refractivity contribution in [2.24, 2.45) is 0 Å². The molecule has 8 nitrogen and oxygen atoms in total. The summed E-state index contributed by atoms with van der Waals surface area (Å²) in [5.74, 6) is 0.753. The number of benzene rings is 3. The molecule has 0 heterocycles. The molecule has 4 N–H and O–H groups in total. The van der Waals surface area contributed by atoms with Crippen molar-refractivity contribution >= 4 is 16.3 Å². The predicted octanol–water partition coefficient (Wildman–Crippen LogP) is 4.75. The van der Waals surface area contributed by atoms with Gasteiger partial charge in [-0.1, -0.05) is 72.8 Å². The smallest absolute Gasteiger partial charge is 0.419 e. The van der Waals surface area contributed by atoms with E-state index in [0.29, 0.717) is 6.42 Å². The number of carbonyl (C=O) groups is 1. The molecule has 1 aliphatic rings. The van der Waals surface area contributed by atoms with Crippen molar-refractivity contribution in [3.05, 3.63) is 102 Å². The number of nitrogens with one attached hydrogen (secondary N) is 3. The fraction of sp³-hybridized carbons (Fsp3) is 0.345. The fourth-order valence-corrected chi connectivity index (χ4v) is 6.13. The average molecular weight is 538 g/mol. The molecule has 3 aromatic carbocycles. The number of hydrogen-bond acceptors (Lipinski definition) is 5. The molecule has 0 aliphatic heterocycles. The van der Waals surface area contributed by atoms with E-state index >= 15 is 0 Å². The number of carboxylic acid groups (broad SMARTS) is 1. The molecule has 1 saturated carbocycles. The molecule has 4 rings (SSSR count). The van der Waals surface area contributed by atoms with Gasteiger partial charge < -0.3 is 15.2 Å². The number of hydrogen-bond donors (Lipinski definition) is 4. The van der Waals surface area contributed by atoms with E-state index < -0.39 is 16.3 Å². The Balaban J connectivity index is 1.51. The molecule has 0 saturated heterocycles. The number of methoxy groups -OCH3 is 1. The molecular formula is C29H35N3O5S. The Kier molecular flexibility index (Phi) is 9.04. The molecule has 9 heteroatoms. The highest BCUT2D eigenvalue weighted by Gasteiger charge is 2.38. The molecule has 0 bridgehead atoms. The van der Waals surface area contributed by atoms with Gasteiger partial charge in [-0.2, -0.15) is 13.1 Å². The first-order valence-electron chi connectivity index (χ1n) is 12.8. The Bertz CT molecular complexity index is 1250. The minimum absolute atomic E-state index is 0.0700. The van der Waals surface area contributed by atoms with Crippen LogP contribution < -0.4 is 19.5 Å². The van der Waals surface area contributed by atoms with Crippen molar-refractivity contribution in [2.45, 2.75) is 49.6 Å². The van der Waals surface area contributed by atoms with Gasteiger partial charge in [0.05, 0.1) is 13.2 Å². The zero-order chi connectivity index (χ0) is 27.0. The van der Waals surface area contributed by atoms with Crippen LogP contribution in [-0.2, 0) is 15.6 Å². The summed E-state index contributed by atoms with van der Waals surface area (Å²) < 4.78 is 33.4. The molecule has 0 spiro atoms. The van der Waals surface area contributed by atoms with Gasteiger partial charge in [-0.05, 0) is 66.3 Å². The molecule has 38 heavy (non-hydrogen) atoms. The first-order valence-corrected chi connectivity index (χ1v) is 14.3. The zero-order valence-electron chi connectivity index (χ0n) is 21.5. The topological polar surface area (TPSA) is 117 Å². The Labute approximate surface area is 224 Å². The van der Waals surface area contributed by atoms with Crippen LogP contribution in [-0.4, -0.2) is 39.3 Å². The monoisotopic (exact) mass is 537 g/mol. The molecule has 0 atom stereocenters. The quantitative estimate of drug-likeness (QED) is 0.281. The highest BCUT2D eigenvalue weighted by Crippen LogP contribution is 2.43. The Morgan fingerprint density at radius 3 is 2.13 bits per heavy atom. The Morgan fingerprint density at radius 2 is 1.58 bits per heavy atom. The molecule has 0 unspecified atom stereocenters. The van der Waals surface area contributed by atoms with E-state index in [4.69, 9.17) is 9.84 Å². The number of rotatable bonds is 11. The van der Waals surface area contributed by atoms with Crippen LogP contribution in [0.1, 0.15) is 54.8 Å². The Hall–Kier alpha value is -3.40. The van der Waals surface area contributed by atoms with Crippen LogP contribution in [0.25, 0.3) is 0 Å². The largest absolute Gasteiger partial charge is 0.497 e. The van der Waals surface area contributed by atoms with Crippen LogP contribution in [0.3, 0.4) is 0 Å². The van der Waals surface area contributed by atoms with Gasteiger partial charge in [0.1, 0.15) is 5.75 Å². The van der Waals surface area contributed by atoms with Gasteiger partial charge in [0, 0.05) is 12.6 Å². The summed E-state index contributed by atoms with van der Waals surface area (Å²) in [6.45, 7) is 0.120. The van der Waals surface area contributed by atoms with Crippen molar-refractivity contribution in [1.29, 1.82) is 0 Å². The van der Waals surface area contributed by atoms with Crippen molar-refractivity contribution in [3.8, 4) is 5.75 Å². The van der Waals surface area contributed by atoms with Crippen molar-refractivity contribution < 1.29 is 23.1 Å². The van der Waals surface area contributed by atoms with Gasteiger partial charge >= 0.3 is 16.3 Å². The van der Waals surface area contributed by atoms with Gasteiger partial charge in [0.2, 0.25) is 0 Å². The number of ether oxygens (including phenoxy) is 1. The van der Waals surface area contributed by atoms with E-state index in [1.54, 1.807) is 7.11 Å². The minimum Gasteiger partial charge on any atom is -0.497 e. The lowest BCUT2D eigenvalue weighted by Gasteiger charge is -2.42. The van der Waals surface area contributed by atoms with E-state index in [1.165, 1.54) is 15.8 Å². The van der Waals surface area contributed by atoms with E-state index in [9.17, 15) is 13.2 Å². The lowest BCUT2D eigenvalue weighted by Crippen LogP contribution is -2.44. The molecule has 0 aromatic heterocycles. The highest BCUT2D eigenvalue weighted by atomic mass is 32.2. The first-order chi connectivity index (χ1) is 18.3. The van der Waals surface area contributed by atoms with Crippen LogP contribution >= 0.6 is 0 Å². The van der Waals surface area contributed by atoms with Crippen LogP contribution in [0.2, 0.25) is 0 Å². The lowest BCUT2D eigenvalue weighted by molar-refractivity contribution is 0.201. The normalized spacial score (nSPS) is 19.7. The summed E-state index contributed by atoms with van der Waals surface area (Å²) in [7, 11) is -2.50. The molecule has 1 fully saturated rings. The summed E-state index contributed by atoms with van der Waals surface area (Å²) in [5.41, 5.74) is 3.25. The van der Waals surface area contributed by atoms with Gasteiger partial charge in [0.15, 0.2) is 0 Å². The van der Waals surface area contributed by atoms with Crippen LogP contribution in [0.15, 0.2) is 84.9 Å². The van der Waals surface area contributed by atoms with E-state index in [1.807, 2.05) is 30.3 Å². The summed E-state index contributed by atoms with van der Waals surface area (Å²) in [6.07, 6.45) is 2.44. The second-order valence-corrected chi connectivity index (χ2v) is 11.3. The fourth-order valence-electron chi connectivity index (χ4n) is 5.46. The van der Waals surface area contributed by atoms with Gasteiger partial charge in [-0.15, -0.1) is 0 Å². The first kappa shape index (κ1) is 27.6. The second-order valence-electron chi connectivity index (χ2n) is 9.76. The predicted molar refractivity (Wildman–Crippen MR) is 147 cm³/mol. The second kappa shape index (κ2) is 12.4.